The standard InChI is InChI=1S/C24H32N4O/c1-19-7-6-10-21(17-19)27-13-15-28(16-14-27)22-11-12-25-23(18-22)24(29)26-20-8-4-2-3-5-9-20/h6-7,10-12,17-18,20H,2-5,8-9,13-16H2,1H3,(H,26,29). The number of rotatable bonds is 4. The van der Waals surface area contributed by atoms with Crippen LogP contribution >= 0.6 is 0 Å². The number of hydrogen-bond donors (Lipinski definition) is 1. The maximum atomic E-state index is 12.7. The van der Waals surface area contributed by atoms with Gasteiger partial charge < -0.3 is 15.1 Å². The fourth-order valence-electron chi connectivity index (χ4n) is 4.47. The molecule has 29 heavy (non-hydrogen) atoms. The summed E-state index contributed by atoms with van der Waals surface area (Å²) in [5.74, 6) is -0.0304. The molecule has 0 unspecified atom stereocenters. The highest BCUT2D eigenvalue weighted by molar-refractivity contribution is 5.93. The van der Waals surface area contributed by atoms with Crippen LogP contribution in [0.15, 0.2) is 42.6 Å². The fourth-order valence-corrected chi connectivity index (χ4v) is 4.47. The summed E-state index contributed by atoms with van der Waals surface area (Å²) in [5.41, 5.74) is 4.22. The van der Waals surface area contributed by atoms with Crippen molar-refractivity contribution in [2.45, 2.75) is 51.5 Å². The van der Waals surface area contributed by atoms with E-state index in [-0.39, 0.29) is 5.91 Å². The SMILES string of the molecule is Cc1cccc(N2CCN(c3ccnc(C(=O)NC4CCCCCC4)c3)CC2)c1. The lowest BCUT2D eigenvalue weighted by molar-refractivity contribution is 0.0928. The average Bonchev–Trinajstić information content (AvgIpc) is 3.03. The molecule has 0 radical (unpaired) electrons. The largest absolute Gasteiger partial charge is 0.368 e. The van der Waals surface area contributed by atoms with Crippen molar-refractivity contribution in [1.82, 2.24) is 10.3 Å². The van der Waals surface area contributed by atoms with Crippen molar-refractivity contribution in [3.05, 3.63) is 53.9 Å². The molecule has 5 heteroatoms. The van der Waals surface area contributed by atoms with Gasteiger partial charge in [-0.3, -0.25) is 9.78 Å². The van der Waals surface area contributed by atoms with Gasteiger partial charge >= 0.3 is 0 Å². The van der Waals surface area contributed by atoms with Crippen molar-refractivity contribution >= 4 is 17.3 Å². The Bertz CT molecular complexity index is 821. The first-order chi connectivity index (χ1) is 14.2. The molecule has 1 aliphatic heterocycles. The highest BCUT2D eigenvalue weighted by Gasteiger charge is 2.20. The molecule has 0 bridgehead atoms. The molecule has 1 aromatic carbocycles. The van der Waals surface area contributed by atoms with Gasteiger partial charge in [-0.15, -0.1) is 0 Å². The Morgan fingerprint density at radius 2 is 1.59 bits per heavy atom. The molecular formula is C24H32N4O. The third-order valence-electron chi connectivity index (χ3n) is 6.18. The molecule has 4 rings (SSSR count). The summed E-state index contributed by atoms with van der Waals surface area (Å²) in [6.07, 6.45) is 8.94. The summed E-state index contributed by atoms with van der Waals surface area (Å²) in [5, 5.41) is 3.21. The molecule has 1 amide bonds. The number of benzene rings is 1. The Hall–Kier alpha value is -2.56. The van der Waals surface area contributed by atoms with Gasteiger partial charge in [0.05, 0.1) is 0 Å². The van der Waals surface area contributed by atoms with E-state index in [1.54, 1.807) is 6.20 Å². The van der Waals surface area contributed by atoms with Crippen LogP contribution in [0.5, 0.6) is 0 Å². The van der Waals surface area contributed by atoms with Crippen LogP contribution in [-0.2, 0) is 0 Å². The zero-order chi connectivity index (χ0) is 20.1. The Morgan fingerprint density at radius 3 is 2.24 bits per heavy atom. The summed E-state index contributed by atoms with van der Waals surface area (Å²) in [6.45, 7) is 5.99. The van der Waals surface area contributed by atoms with E-state index in [9.17, 15) is 4.79 Å². The topological polar surface area (TPSA) is 48.5 Å². The molecule has 1 saturated heterocycles. The van der Waals surface area contributed by atoms with E-state index in [0.29, 0.717) is 11.7 Å². The molecule has 1 saturated carbocycles. The monoisotopic (exact) mass is 392 g/mol. The molecule has 0 spiro atoms. The maximum Gasteiger partial charge on any atom is 0.270 e. The highest BCUT2D eigenvalue weighted by atomic mass is 16.1. The number of aromatic nitrogens is 1. The van der Waals surface area contributed by atoms with Crippen molar-refractivity contribution in [2.24, 2.45) is 0 Å². The second-order valence-corrected chi connectivity index (χ2v) is 8.37. The van der Waals surface area contributed by atoms with Crippen LogP contribution in [0.2, 0.25) is 0 Å². The lowest BCUT2D eigenvalue weighted by Crippen LogP contribution is -2.46. The number of carbonyl (C=O) groups excluding carboxylic acids is 1. The van der Waals surface area contributed by atoms with Crippen LogP contribution in [0.1, 0.15) is 54.6 Å². The minimum Gasteiger partial charge on any atom is -0.368 e. The second-order valence-electron chi connectivity index (χ2n) is 8.37. The molecule has 1 aromatic heterocycles. The van der Waals surface area contributed by atoms with Gasteiger partial charge in [0, 0.05) is 49.8 Å². The van der Waals surface area contributed by atoms with E-state index in [1.807, 2.05) is 12.1 Å². The smallest absolute Gasteiger partial charge is 0.270 e. The van der Waals surface area contributed by atoms with Crippen LogP contribution in [-0.4, -0.2) is 43.1 Å². The number of amides is 1. The lowest BCUT2D eigenvalue weighted by Gasteiger charge is -2.37. The van der Waals surface area contributed by atoms with E-state index in [2.05, 4.69) is 51.3 Å². The summed E-state index contributed by atoms with van der Waals surface area (Å²) in [6, 6.07) is 13.0. The molecule has 1 aliphatic carbocycles. The number of piperazine rings is 1. The molecule has 2 aliphatic rings. The number of carbonyl (C=O) groups is 1. The number of nitrogens with one attached hydrogen (secondary N) is 1. The highest BCUT2D eigenvalue weighted by Crippen LogP contribution is 2.22. The quantitative estimate of drug-likeness (QED) is 0.794. The predicted molar refractivity (Wildman–Crippen MR) is 119 cm³/mol. The van der Waals surface area contributed by atoms with Gasteiger partial charge in [0.1, 0.15) is 5.69 Å². The summed E-state index contributed by atoms with van der Waals surface area (Å²) >= 11 is 0. The van der Waals surface area contributed by atoms with Crippen LogP contribution in [0.25, 0.3) is 0 Å². The van der Waals surface area contributed by atoms with Gasteiger partial charge in [-0.25, -0.2) is 0 Å². The predicted octanol–water partition coefficient (Wildman–Crippen LogP) is 4.17. The summed E-state index contributed by atoms with van der Waals surface area (Å²) in [7, 11) is 0. The van der Waals surface area contributed by atoms with Gasteiger partial charge in [-0.1, -0.05) is 37.8 Å². The van der Waals surface area contributed by atoms with Gasteiger partial charge in [-0.2, -0.15) is 0 Å². The first-order valence-electron chi connectivity index (χ1n) is 11.0. The van der Waals surface area contributed by atoms with Crippen molar-refractivity contribution < 1.29 is 4.79 Å². The van der Waals surface area contributed by atoms with Gasteiger partial charge in [0.25, 0.3) is 5.91 Å². The number of pyridine rings is 1. The molecule has 2 aromatic rings. The van der Waals surface area contributed by atoms with Gasteiger partial charge in [0.15, 0.2) is 0 Å². The Balaban J connectivity index is 1.37. The number of anilines is 2. The van der Waals surface area contributed by atoms with E-state index in [1.165, 1.54) is 36.9 Å². The molecule has 154 valence electrons. The Labute approximate surface area is 174 Å². The van der Waals surface area contributed by atoms with E-state index >= 15 is 0 Å². The molecule has 5 nitrogen and oxygen atoms in total. The third kappa shape index (κ3) is 5.08. The van der Waals surface area contributed by atoms with Crippen LogP contribution in [0.4, 0.5) is 11.4 Å². The minimum atomic E-state index is -0.0304. The van der Waals surface area contributed by atoms with Gasteiger partial charge in [-0.05, 0) is 49.6 Å². The van der Waals surface area contributed by atoms with Crippen molar-refractivity contribution in [3.8, 4) is 0 Å². The lowest BCUT2D eigenvalue weighted by atomic mass is 10.1. The van der Waals surface area contributed by atoms with Crippen molar-refractivity contribution in [1.29, 1.82) is 0 Å². The number of aryl methyl sites for hydroxylation is 1. The van der Waals surface area contributed by atoms with Crippen molar-refractivity contribution in [3.63, 3.8) is 0 Å². The zero-order valence-electron chi connectivity index (χ0n) is 17.4. The van der Waals surface area contributed by atoms with E-state index in [0.717, 1.165) is 44.7 Å². The first-order valence-corrected chi connectivity index (χ1v) is 11.0. The Morgan fingerprint density at radius 1 is 0.931 bits per heavy atom. The Kier molecular flexibility index (Phi) is 6.33. The van der Waals surface area contributed by atoms with Crippen LogP contribution in [0, 0.1) is 6.92 Å². The molecule has 2 heterocycles. The molecule has 1 N–H and O–H groups in total. The van der Waals surface area contributed by atoms with Gasteiger partial charge in [0.2, 0.25) is 0 Å². The van der Waals surface area contributed by atoms with E-state index in [4.69, 9.17) is 0 Å². The van der Waals surface area contributed by atoms with Crippen LogP contribution < -0.4 is 15.1 Å². The normalized spacial score (nSPS) is 18.4. The van der Waals surface area contributed by atoms with Crippen LogP contribution in [0.3, 0.4) is 0 Å². The maximum absolute atomic E-state index is 12.7. The molecular weight excluding hydrogens is 360 g/mol. The molecule has 0 atom stereocenters. The fraction of sp³-hybridized carbons (Fsp3) is 0.500. The summed E-state index contributed by atoms with van der Waals surface area (Å²) < 4.78 is 0. The number of nitrogens with zero attached hydrogens (tertiary/aromatic N) is 3. The van der Waals surface area contributed by atoms with E-state index < -0.39 is 0 Å². The molecule has 2 fully saturated rings. The third-order valence-corrected chi connectivity index (χ3v) is 6.18. The second kappa shape index (κ2) is 9.29. The number of hydrogen-bond acceptors (Lipinski definition) is 4. The zero-order valence-corrected chi connectivity index (χ0v) is 17.4. The average molecular weight is 393 g/mol. The summed E-state index contributed by atoms with van der Waals surface area (Å²) in [4.78, 5) is 21.9. The van der Waals surface area contributed by atoms with Crippen molar-refractivity contribution in [2.75, 3.05) is 36.0 Å². The minimum absolute atomic E-state index is 0.0304. The first kappa shape index (κ1) is 19.7.